The lowest BCUT2D eigenvalue weighted by atomic mass is 10.2. The Labute approximate surface area is 92.7 Å². The van der Waals surface area contributed by atoms with E-state index in [0.29, 0.717) is 5.82 Å². The number of hydrogen-bond donors (Lipinski definition) is 2. The fourth-order valence-corrected chi connectivity index (χ4v) is 1.02. The number of nitrogens with one attached hydrogen (secondary N) is 1. The van der Waals surface area contributed by atoms with Crippen molar-refractivity contribution in [3.8, 4) is 5.88 Å². The topological polar surface area (TPSA) is 103 Å². The maximum Gasteiger partial charge on any atom is 0.331 e. The Kier molecular flexibility index (Phi) is 3.28. The first-order valence-corrected chi connectivity index (χ1v) is 4.64. The molecule has 0 aliphatic rings. The Bertz CT molecular complexity index is 400. The molecule has 7 heteroatoms. The lowest BCUT2D eigenvalue weighted by molar-refractivity contribution is -0.386. The van der Waals surface area contributed by atoms with Gasteiger partial charge in [-0.15, -0.1) is 0 Å². The standard InChI is InChI=1S/C9H14N4O3/c1-9(2,3)16-8-6(13(14)15)4-5-7(11-8)12-10/h4-5H,10H2,1-3H3,(H,11,12). The number of aromatic nitrogens is 1. The molecule has 1 rings (SSSR count). The molecule has 7 nitrogen and oxygen atoms in total. The molecule has 0 aliphatic carbocycles. The van der Waals surface area contributed by atoms with Crippen molar-refractivity contribution in [2.75, 3.05) is 5.43 Å². The molecule has 0 spiro atoms. The number of hydrazine groups is 1. The van der Waals surface area contributed by atoms with Crippen molar-refractivity contribution in [3.63, 3.8) is 0 Å². The highest BCUT2D eigenvalue weighted by molar-refractivity contribution is 5.48. The van der Waals surface area contributed by atoms with Crippen LogP contribution in [0.5, 0.6) is 5.88 Å². The van der Waals surface area contributed by atoms with E-state index in [0.717, 1.165) is 0 Å². The average Bonchev–Trinajstić information content (AvgIpc) is 2.14. The third-order valence-corrected chi connectivity index (χ3v) is 1.59. The fourth-order valence-electron chi connectivity index (χ4n) is 1.02. The molecule has 0 aromatic carbocycles. The van der Waals surface area contributed by atoms with Crippen molar-refractivity contribution in [2.45, 2.75) is 26.4 Å². The number of anilines is 1. The molecule has 0 unspecified atom stereocenters. The van der Waals surface area contributed by atoms with E-state index in [1.165, 1.54) is 12.1 Å². The van der Waals surface area contributed by atoms with Gasteiger partial charge in [-0.25, -0.2) is 5.84 Å². The summed E-state index contributed by atoms with van der Waals surface area (Å²) < 4.78 is 5.39. The first kappa shape index (κ1) is 12.2. The maximum atomic E-state index is 10.7. The van der Waals surface area contributed by atoms with Crippen molar-refractivity contribution < 1.29 is 9.66 Å². The second-order valence-corrected chi connectivity index (χ2v) is 4.14. The van der Waals surface area contributed by atoms with Gasteiger partial charge in [-0.1, -0.05) is 0 Å². The van der Waals surface area contributed by atoms with Gasteiger partial charge in [0.2, 0.25) is 0 Å². The van der Waals surface area contributed by atoms with E-state index in [9.17, 15) is 10.1 Å². The van der Waals surface area contributed by atoms with Crippen molar-refractivity contribution >= 4 is 11.5 Å². The predicted molar refractivity (Wildman–Crippen MR) is 59.1 cm³/mol. The molecule has 1 heterocycles. The Balaban J connectivity index is 3.15. The molecule has 1 aromatic rings. The number of nitrogens with two attached hydrogens (primary N) is 1. The van der Waals surface area contributed by atoms with Crippen molar-refractivity contribution in [2.24, 2.45) is 5.84 Å². The van der Waals surface area contributed by atoms with Gasteiger partial charge in [-0.05, 0) is 26.8 Å². The van der Waals surface area contributed by atoms with Gasteiger partial charge < -0.3 is 10.2 Å². The number of hydrogen-bond acceptors (Lipinski definition) is 6. The van der Waals surface area contributed by atoms with Crippen molar-refractivity contribution in [3.05, 3.63) is 22.2 Å². The van der Waals surface area contributed by atoms with Gasteiger partial charge in [0.05, 0.1) is 4.92 Å². The Morgan fingerprint density at radius 2 is 2.12 bits per heavy atom. The number of nitrogen functional groups attached to an aromatic ring is 1. The van der Waals surface area contributed by atoms with Gasteiger partial charge in [0, 0.05) is 6.07 Å². The summed E-state index contributed by atoms with van der Waals surface area (Å²) in [5, 5.41) is 10.7. The van der Waals surface area contributed by atoms with Crippen LogP contribution in [0.2, 0.25) is 0 Å². The first-order chi connectivity index (χ1) is 7.33. The fraction of sp³-hybridized carbons (Fsp3) is 0.444. The summed E-state index contributed by atoms with van der Waals surface area (Å²) >= 11 is 0. The van der Waals surface area contributed by atoms with Crippen LogP contribution >= 0.6 is 0 Å². The molecular formula is C9H14N4O3. The monoisotopic (exact) mass is 226 g/mol. The lowest BCUT2D eigenvalue weighted by Gasteiger charge is -2.20. The highest BCUT2D eigenvalue weighted by atomic mass is 16.6. The molecule has 0 fully saturated rings. The molecule has 16 heavy (non-hydrogen) atoms. The van der Waals surface area contributed by atoms with E-state index in [2.05, 4.69) is 10.4 Å². The zero-order valence-electron chi connectivity index (χ0n) is 9.35. The van der Waals surface area contributed by atoms with E-state index in [1.54, 1.807) is 20.8 Å². The molecule has 3 N–H and O–H groups in total. The minimum atomic E-state index is -0.565. The molecular weight excluding hydrogens is 212 g/mol. The number of pyridine rings is 1. The smallest absolute Gasteiger partial charge is 0.331 e. The van der Waals surface area contributed by atoms with Gasteiger partial charge in [0.1, 0.15) is 11.4 Å². The van der Waals surface area contributed by atoms with Gasteiger partial charge >= 0.3 is 5.69 Å². The van der Waals surface area contributed by atoms with Gasteiger partial charge in [-0.3, -0.25) is 10.1 Å². The molecule has 0 saturated heterocycles. The maximum absolute atomic E-state index is 10.7. The highest BCUT2D eigenvalue weighted by Gasteiger charge is 2.22. The SMILES string of the molecule is CC(C)(C)Oc1nc(NN)ccc1[N+](=O)[O-]. The molecule has 0 saturated carbocycles. The van der Waals surface area contributed by atoms with Crippen LogP contribution in [0.15, 0.2) is 12.1 Å². The normalized spacial score (nSPS) is 11.0. The summed E-state index contributed by atoms with van der Waals surface area (Å²) in [7, 11) is 0. The zero-order chi connectivity index (χ0) is 12.3. The summed E-state index contributed by atoms with van der Waals surface area (Å²) in [4.78, 5) is 14.1. The molecule has 0 bridgehead atoms. The minimum absolute atomic E-state index is 0.0482. The number of nitrogens with zero attached hydrogens (tertiary/aromatic N) is 2. The van der Waals surface area contributed by atoms with Crippen LogP contribution in [0.25, 0.3) is 0 Å². The molecule has 88 valence electrons. The summed E-state index contributed by atoms with van der Waals surface area (Å²) in [5.41, 5.74) is 1.55. The number of rotatable bonds is 3. The van der Waals surface area contributed by atoms with E-state index in [4.69, 9.17) is 10.6 Å². The van der Waals surface area contributed by atoms with Crippen LogP contribution < -0.4 is 16.0 Å². The lowest BCUT2D eigenvalue weighted by Crippen LogP contribution is -2.24. The first-order valence-electron chi connectivity index (χ1n) is 4.64. The summed E-state index contributed by atoms with van der Waals surface area (Å²) in [6, 6.07) is 2.71. The summed E-state index contributed by atoms with van der Waals surface area (Å²) in [6.07, 6.45) is 0. The molecule has 0 aliphatic heterocycles. The van der Waals surface area contributed by atoms with E-state index in [1.807, 2.05) is 0 Å². The second-order valence-electron chi connectivity index (χ2n) is 4.14. The Morgan fingerprint density at radius 3 is 2.56 bits per heavy atom. The zero-order valence-corrected chi connectivity index (χ0v) is 9.35. The predicted octanol–water partition coefficient (Wildman–Crippen LogP) is 1.45. The van der Waals surface area contributed by atoms with Gasteiger partial charge in [0.15, 0.2) is 0 Å². The third kappa shape index (κ3) is 3.06. The summed E-state index contributed by atoms with van der Waals surface area (Å²) in [5.74, 6) is 5.43. The van der Waals surface area contributed by atoms with E-state index < -0.39 is 10.5 Å². The highest BCUT2D eigenvalue weighted by Crippen LogP contribution is 2.28. The van der Waals surface area contributed by atoms with E-state index in [-0.39, 0.29) is 11.6 Å². The third-order valence-electron chi connectivity index (χ3n) is 1.59. The average molecular weight is 226 g/mol. The summed E-state index contributed by atoms with van der Waals surface area (Å²) in [6.45, 7) is 5.34. The molecule has 0 radical (unpaired) electrons. The molecule has 1 aromatic heterocycles. The number of ether oxygens (including phenoxy) is 1. The van der Waals surface area contributed by atoms with Crippen molar-refractivity contribution in [1.82, 2.24) is 4.98 Å². The van der Waals surface area contributed by atoms with Crippen LogP contribution in [-0.4, -0.2) is 15.5 Å². The van der Waals surface area contributed by atoms with Crippen LogP contribution in [0, 0.1) is 10.1 Å². The van der Waals surface area contributed by atoms with E-state index >= 15 is 0 Å². The van der Waals surface area contributed by atoms with Gasteiger partial charge in [0.25, 0.3) is 5.88 Å². The molecule has 0 amide bonds. The largest absolute Gasteiger partial charge is 0.467 e. The Hall–Kier alpha value is -1.89. The Morgan fingerprint density at radius 1 is 1.50 bits per heavy atom. The van der Waals surface area contributed by atoms with Crippen LogP contribution in [0.3, 0.4) is 0 Å². The van der Waals surface area contributed by atoms with Crippen LogP contribution in [0.4, 0.5) is 11.5 Å². The van der Waals surface area contributed by atoms with Crippen LogP contribution in [-0.2, 0) is 0 Å². The number of nitro groups is 1. The van der Waals surface area contributed by atoms with Gasteiger partial charge in [-0.2, -0.15) is 4.98 Å². The van der Waals surface area contributed by atoms with Crippen molar-refractivity contribution in [1.29, 1.82) is 0 Å². The van der Waals surface area contributed by atoms with Crippen LogP contribution in [0.1, 0.15) is 20.8 Å². The molecule has 0 atom stereocenters. The second kappa shape index (κ2) is 4.31. The minimum Gasteiger partial charge on any atom is -0.467 e. The quantitative estimate of drug-likeness (QED) is 0.459.